The number of aliphatic hydroxyl groups excluding tert-OH is 2. The maximum atomic E-state index is 12.4. The summed E-state index contributed by atoms with van der Waals surface area (Å²) in [5, 5.41) is 67.9. The highest BCUT2D eigenvalue weighted by Crippen LogP contribution is 2.38. The van der Waals surface area contributed by atoms with E-state index in [-0.39, 0.29) is 41.9 Å². The molecule has 33 heavy (non-hydrogen) atoms. The summed E-state index contributed by atoms with van der Waals surface area (Å²) in [4.78, 5) is 24.6. The summed E-state index contributed by atoms with van der Waals surface area (Å²) in [5.41, 5.74) is -1.59. The Morgan fingerprint density at radius 1 is 1.00 bits per heavy atom. The second-order valence-corrected chi connectivity index (χ2v) is 7.33. The average Bonchev–Trinajstić information content (AvgIpc) is 2.77. The molecular weight excluding hydrogens is 436 g/mol. The summed E-state index contributed by atoms with van der Waals surface area (Å²) in [6.45, 7) is 0.414. The molecule has 0 spiro atoms. The van der Waals surface area contributed by atoms with Gasteiger partial charge in [0.05, 0.1) is 6.61 Å². The van der Waals surface area contributed by atoms with Gasteiger partial charge < -0.3 is 40.5 Å². The Kier molecular flexibility index (Phi) is 8.27. The van der Waals surface area contributed by atoms with Crippen LogP contribution in [-0.2, 0) is 33.8 Å². The smallest absolute Gasteiger partial charge is 0.348 e. The Morgan fingerprint density at radius 2 is 1.70 bits per heavy atom. The lowest BCUT2D eigenvalue weighted by Crippen LogP contribution is -2.45. The molecule has 0 unspecified atom stereocenters. The van der Waals surface area contributed by atoms with E-state index in [1.165, 1.54) is 37.3 Å². The van der Waals surface area contributed by atoms with Crippen LogP contribution in [0, 0.1) is 0 Å². The van der Waals surface area contributed by atoms with Crippen molar-refractivity contribution >= 4 is 18.0 Å². The zero-order valence-corrected chi connectivity index (χ0v) is 17.9. The van der Waals surface area contributed by atoms with Gasteiger partial charge in [-0.2, -0.15) is 0 Å². The molecule has 178 valence electrons. The molecule has 10 heteroatoms. The quantitative estimate of drug-likeness (QED) is 0.155. The molecule has 0 aliphatic carbocycles. The van der Waals surface area contributed by atoms with Crippen LogP contribution in [0.1, 0.15) is 35.6 Å². The molecule has 0 heterocycles. The zero-order valence-electron chi connectivity index (χ0n) is 17.9. The predicted molar refractivity (Wildman–Crippen MR) is 116 cm³/mol. The summed E-state index contributed by atoms with van der Waals surface area (Å²) in [6.07, 6.45) is 1.59. The number of benzene rings is 2. The maximum Gasteiger partial charge on any atom is 0.348 e. The minimum absolute atomic E-state index is 0.0354. The van der Waals surface area contributed by atoms with Gasteiger partial charge in [-0.1, -0.05) is 19.1 Å². The van der Waals surface area contributed by atoms with E-state index >= 15 is 0 Å². The van der Waals surface area contributed by atoms with Gasteiger partial charge in [-0.05, 0) is 42.2 Å². The molecule has 7 N–H and O–H groups in total. The fourth-order valence-corrected chi connectivity index (χ4v) is 3.30. The molecule has 0 aromatic heterocycles. The molecule has 0 radical (unpaired) electrons. The Morgan fingerprint density at radius 3 is 2.24 bits per heavy atom. The van der Waals surface area contributed by atoms with Gasteiger partial charge in [-0.3, -0.25) is 0 Å². The predicted octanol–water partition coefficient (Wildman–Crippen LogP) is 1.57. The van der Waals surface area contributed by atoms with E-state index in [4.69, 9.17) is 4.74 Å². The van der Waals surface area contributed by atoms with Gasteiger partial charge >= 0.3 is 11.9 Å². The first-order valence-corrected chi connectivity index (χ1v) is 10.0. The first kappa shape index (κ1) is 25.5. The lowest BCUT2D eigenvalue weighted by atomic mass is 9.87. The van der Waals surface area contributed by atoms with Gasteiger partial charge in [-0.15, -0.1) is 0 Å². The number of aliphatic hydroxyl groups is 2. The first-order valence-electron chi connectivity index (χ1n) is 10.0. The van der Waals surface area contributed by atoms with Crippen molar-refractivity contribution in [3.8, 4) is 23.0 Å². The molecule has 0 saturated heterocycles. The number of carboxylic acid groups (broad SMARTS) is 1. The van der Waals surface area contributed by atoms with Crippen molar-refractivity contribution in [1.82, 2.24) is 0 Å². The number of phenolic OH excluding ortho intramolecular Hbond substituents is 3. The molecule has 10 nitrogen and oxygen atoms in total. The second kappa shape index (κ2) is 10.7. The maximum absolute atomic E-state index is 12.4. The number of phenols is 4. The number of ether oxygens (including phenoxy) is 1. The third-order valence-corrected chi connectivity index (χ3v) is 5.23. The lowest BCUT2D eigenvalue weighted by Gasteiger charge is -2.29. The molecule has 0 aliphatic heterocycles. The number of carbonyl (C=O) groups is 2. The molecule has 2 aromatic rings. The normalized spacial score (nSPS) is 13.1. The number of esters is 1. The van der Waals surface area contributed by atoms with Crippen LogP contribution in [-0.4, -0.2) is 59.9 Å². The molecule has 0 amide bonds. The van der Waals surface area contributed by atoms with Crippen LogP contribution in [0.5, 0.6) is 23.0 Å². The molecule has 1 atom stereocenters. The van der Waals surface area contributed by atoms with Crippen molar-refractivity contribution < 1.29 is 50.1 Å². The fourth-order valence-electron chi connectivity index (χ4n) is 3.30. The van der Waals surface area contributed by atoms with E-state index in [1.54, 1.807) is 0 Å². The Bertz CT molecular complexity index is 1060. The summed E-state index contributed by atoms with van der Waals surface area (Å²) in [5.74, 6) is -4.40. The van der Waals surface area contributed by atoms with Crippen LogP contribution in [0.2, 0.25) is 0 Å². The average molecular weight is 462 g/mol. The molecular formula is C23H26O10. The number of aliphatic carboxylic acids is 1. The lowest BCUT2D eigenvalue weighted by molar-refractivity contribution is -0.175. The van der Waals surface area contributed by atoms with Crippen LogP contribution in [0.3, 0.4) is 0 Å². The highest BCUT2D eigenvalue weighted by Gasteiger charge is 2.42. The first-order chi connectivity index (χ1) is 15.6. The number of aromatic hydroxyl groups is 4. The third-order valence-electron chi connectivity index (χ3n) is 5.23. The number of hydrogen-bond acceptors (Lipinski definition) is 9. The second-order valence-electron chi connectivity index (χ2n) is 7.33. The van der Waals surface area contributed by atoms with Crippen molar-refractivity contribution in [3.05, 3.63) is 52.6 Å². The van der Waals surface area contributed by atoms with Gasteiger partial charge in [0.15, 0.2) is 23.0 Å². The summed E-state index contributed by atoms with van der Waals surface area (Å²) in [6, 6.07) is 5.16. The Labute approximate surface area is 189 Å². The highest BCUT2D eigenvalue weighted by atomic mass is 16.6. The number of hydrogen-bond donors (Lipinski definition) is 7. The van der Waals surface area contributed by atoms with Crippen LogP contribution in [0.15, 0.2) is 30.3 Å². The Hall–Kier alpha value is -3.76. The number of rotatable bonds is 10. The van der Waals surface area contributed by atoms with Crippen LogP contribution in [0.25, 0.3) is 6.08 Å². The summed E-state index contributed by atoms with van der Waals surface area (Å²) >= 11 is 0. The standard InChI is InChI=1S/C23H26O10/c1-2-23(22(31)32,33-19(28)6-4-13-3-5-17(26)18(27)9-13)11-15-10-14(7-8-24)20(29)21(30)16(15)12-25/h3-6,9-10,24-27,29-30H,2,7-8,11-12H2,1H3,(H,31,32)/b6-4+/t23-/m1/s1. The zero-order chi connectivity index (χ0) is 24.8. The van der Waals surface area contributed by atoms with E-state index < -0.39 is 47.8 Å². The van der Waals surface area contributed by atoms with E-state index in [0.29, 0.717) is 5.56 Å². The van der Waals surface area contributed by atoms with E-state index in [2.05, 4.69) is 0 Å². The summed E-state index contributed by atoms with van der Waals surface area (Å²) in [7, 11) is 0. The number of carbonyl (C=O) groups excluding carboxylic acids is 1. The van der Waals surface area contributed by atoms with Gasteiger partial charge in [0.1, 0.15) is 0 Å². The van der Waals surface area contributed by atoms with E-state index in [0.717, 1.165) is 6.08 Å². The van der Waals surface area contributed by atoms with Gasteiger partial charge in [0.2, 0.25) is 5.60 Å². The largest absolute Gasteiger partial charge is 0.504 e. The van der Waals surface area contributed by atoms with Gasteiger partial charge in [-0.25, -0.2) is 9.59 Å². The highest BCUT2D eigenvalue weighted by molar-refractivity contribution is 5.90. The fraction of sp³-hybridized carbons (Fsp3) is 0.304. The minimum Gasteiger partial charge on any atom is -0.504 e. The molecule has 0 bridgehead atoms. The van der Waals surface area contributed by atoms with Crippen molar-refractivity contribution in [2.24, 2.45) is 0 Å². The van der Waals surface area contributed by atoms with Crippen molar-refractivity contribution in [1.29, 1.82) is 0 Å². The van der Waals surface area contributed by atoms with Crippen molar-refractivity contribution in [3.63, 3.8) is 0 Å². The third kappa shape index (κ3) is 5.73. The molecule has 0 aliphatic rings. The SMILES string of the molecule is CC[C@](Cc1cc(CCO)c(O)c(O)c1CO)(OC(=O)/C=C/c1ccc(O)c(O)c1)C(=O)O. The van der Waals surface area contributed by atoms with Crippen LogP contribution < -0.4 is 0 Å². The van der Waals surface area contributed by atoms with E-state index in [1.807, 2.05) is 0 Å². The number of carboxylic acids is 1. The van der Waals surface area contributed by atoms with Crippen LogP contribution >= 0.6 is 0 Å². The molecule has 2 aromatic carbocycles. The molecule has 2 rings (SSSR count). The molecule has 0 saturated carbocycles. The van der Waals surface area contributed by atoms with Crippen molar-refractivity contribution in [2.75, 3.05) is 6.61 Å². The Balaban J connectivity index is 2.39. The van der Waals surface area contributed by atoms with E-state index in [9.17, 15) is 45.3 Å². The van der Waals surface area contributed by atoms with Gasteiger partial charge in [0.25, 0.3) is 0 Å². The van der Waals surface area contributed by atoms with Crippen LogP contribution in [0.4, 0.5) is 0 Å². The monoisotopic (exact) mass is 462 g/mol. The minimum atomic E-state index is -2.07. The van der Waals surface area contributed by atoms with Crippen molar-refractivity contribution in [2.45, 2.75) is 38.4 Å². The summed E-state index contributed by atoms with van der Waals surface area (Å²) < 4.78 is 5.29. The molecule has 0 fully saturated rings. The topological polar surface area (TPSA) is 185 Å². The van der Waals surface area contributed by atoms with Gasteiger partial charge in [0, 0.05) is 30.2 Å².